The summed E-state index contributed by atoms with van der Waals surface area (Å²) in [6, 6.07) is 10.1. The van der Waals surface area contributed by atoms with Crippen molar-refractivity contribution in [2.75, 3.05) is 6.54 Å². The largest absolute Gasteiger partial charge is 0.314 e. The van der Waals surface area contributed by atoms with E-state index in [1.54, 1.807) is 0 Å². The smallest absolute Gasteiger partial charge is 0.0210 e. The number of rotatable bonds is 6. The molecule has 18 heavy (non-hydrogen) atoms. The van der Waals surface area contributed by atoms with Crippen LogP contribution in [0.4, 0.5) is 0 Å². The number of aryl methyl sites for hydroxylation is 1. The zero-order valence-electron chi connectivity index (χ0n) is 11.7. The van der Waals surface area contributed by atoms with Gasteiger partial charge < -0.3 is 10.6 Å². The fourth-order valence-electron chi connectivity index (χ4n) is 2.83. The average molecular weight is 246 g/mol. The minimum absolute atomic E-state index is 0.588. The molecule has 2 heteroatoms. The molecule has 2 N–H and O–H groups in total. The quantitative estimate of drug-likeness (QED) is 0.806. The van der Waals surface area contributed by atoms with Gasteiger partial charge in [-0.15, -0.1) is 0 Å². The Morgan fingerprint density at radius 2 is 2.11 bits per heavy atom. The van der Waals surface area contributed by atoms with Gasteiger partial charge in [0.05, 0.1) is 0 Å². The fraction of sp³-hybridized carbons (Fsp3) is 0.625. The van der Waals surface area contributed by atoms with Crippen LogP contribution in [0.5, 0.6) is 0 Å². The van der Waals surface area contributed by atoms with Crippen LogP contribution in [0, 0.1) is 0 Å². The summed E-state index contributed by atoms with van der Waals surface area (Å²) in [6.07, 6.45) is 5.05. The molecule has 1 aliphatic rings. The van der Waals surface area contributed by atoms with E-state index in [-0.39, 0.29) is 0 Å². The van der Waals surface area contributed by atoms with Crippen LogP contribution in [0.2, 0.25) is 0 Å². The highest BCUT2D eigenvalue weighted by Gasteiger charge is 2.16. The van der Waals surface area contributed by atoms with Crippen LogP contribution in [0.3, 0.4) is 0 Å². The highest BCUT2D eigenvalue weighted by Crippen LogP contribution is 2.13. The van der Waals surface area contributed by atoms with Crippen LogP contribution in [0.1, 0.15) is 44.2 Å². The van der Waals surface area contributed by atoms with Crippen molar-refractivity contribution >= 4 is 0 Å². The zero-order chi connectivity index (χ0) is 12.8. The molecule has 1 aromatic carbocycles. The maximum absolute atomic E-state index is 3.66. The van der Waals surface area contributed by atoms with E-state index >= 15 is 0 Å². The Morgan fingerprint density at radius 3 is 2.78 bits per heavy atom. The number of nitrogens with one attached hydrogen (secondary N) is 2. The maximum Gasteiger partial charge on any atom is 0.0210 e. The van der Waals surface area contributed by atoms with E-state index in [0.29, 0.717) is 6.04 Å². The molecular formula is C16H26N2. The Hall–Kier alpha value is -0.860. The van der Waals surface area contributed by atoms with E-state index in [4.69, 9.17) is 0 Å². The Labute approximate surface area is 111 Å². The second kappa shape index (κ2) is 6.91. The molecule has 100 valence electrons. The lowest BCUT2D eigenvalue weighted by Gasteiger charge is -2.19. The topological polar surface area (TPSA) is 24.1 Å². The molecule has 1 saturated heterocycles. The van der Waals surface area contributed by atoms with E-state index in [2.05, 4.69) is 48.7 Å². The van der Waals surface area contributed by atoms with Gasteiger partial charge in [0.25, 0.3) is 0 Å². The highest BCUT2D eigenvalue weighted by atomic mass is 15.0. The molecule has 1 aromatic rings. The van der Waals surface area contributed by atoms with Crippen molar-refractivity contribution in [3.8, 4) is 0 Å². The molecule has 1 heterocycles. The predicted octanol–water partition coefficient (Wildman–Crippen LogP) is 2.87. The van der Waals surface area contributed by atoms with Gasteiger partial charge in [-0.3, -0.25) is 0 Å². The van der Waals surface area contributed by atoms with E-state index in [0.717, 1.165) is 19.0 Å². The SMILES string of the molecule is CCc1ccccc1CNC(C)CC1CCCN1. The Bertz CT molecular complexity index is 356. The van der Waals surface area contributed by atoms with Crippen molar-refractivity contribution in [1.29, 1.82) is 0 Å². The summed E-state index contributed by atoms with van der Waals surface area (Å²) in [6.45, 7) is 6.73. The lowest BCUT2D eigenvalue weighted by molar-refractivity contribution is 0.439. The summed E-state index contributed by atoms with van der Waals surface area (Å²) >= 11 is 0. The van der Waals surface area contributed by atoms with Gasteiger partial charge in [-0.05, 0) is 50.3 Å². The molecule has 0 radical (unpaired) electrons. The van der Waals surface area contributed by atoms with Crippen LogP contribution >= 0.6 is 0 Å². The molecule has 0 amide bonds. The van der Waals surface area contributed by atoms with Crippen molar-refractivity contribution in [2.24, 2.45) is 0 Å². The van der Waals surface area contributed by atoms with E-state index < -0.39 is 0 Å². The molecule has 1 fully saturated rings. The van der Waals surface area contributed by atoms with Gasteiger partial charge in [0.15, 0.2) is 0 Å². The average Bonchev–Trinajstić information content (AvgIpc) is 2.89. The van der Waals surface area contributed by atoms with Crippen LogP contribution in [-0.2, 0) is 13.0 Å². The van der Waals surface area contributed by atoms with Gasteiger partial charge >= 0.3 is 0 Å². The van der Waals surface area contributed by atoms with Gasteiger partial charge in [0.2, 0.25) is 0 Å². The molecule has 1 aliphatic heterocycles. The van der Waals surface area contributed by atoms with Gasteiger partial charge in [-0.25, -0.2) is 0 Å². The second-order valence-electron chi connectivity index (χ2n) is 5.43. The third-order valence-electron chi connectivity index (χ3n) is 3.94. The molecule has 0 spiro atoms. The van der Waals surface area contributed by atoms with Gasteiger partial charge in [0, 0.05) is 18.6 Å². The second-order valence-corrected chi connectivity index (χ2v) is 5.43. The van der Waals surface area contributed by atoms with Crippen LogP contribution in [0.15, 0.2) is 24.3 Å². The highest BCUT2D eigenvalue weighted by molar-refractivity contribution is 5.26. The number of hydrogen-bond donors (Lipinski definition) is 2. The standard InChI is InChI=1S/C16H26N2/c1-3-14-7-4-5-8-15(14)12-18-13(2)11-16-9-6-10-17-16/h4-5,7-8,13,16-18H,3,6,9-12H2,1-2H3. The number of benzene rings is 1. The monoisotopic (exact) mass is 246 g/mol. The van der Waals surface area contributed by atoms with Crippen molar-refractivity contribution in [3.05, 3.63) is 35.4 Å². The van der Waals surface area contributed by atoms with Crippen LogP contribution in [-0.4, -0.2) is 18.6 Å². The van der Waals surface area contributed by atoms with Crippen molar-refractivity contribution in [1.82, 2.24) is 10.6 Å². The normalized spacial score (nSPS) is 21.1. The first-order chi connectivity index (χ1) is 8.79. The molecule has 2 rings (SSSR count). The van der Waals surface area contributed by atoms with Crippen molar-refractivity contribution in [2.45, 2.75) is 58.2 Å². The summed E-state index contributed by atoms with van der Waals surface area (Å²) in [5, 5.41) is 7.23. The van der Waals surface area contributed by atoms with Gasteiger partial charge in [0.1, 0.15) is 0 Å². The molecule has 0 aliphatic carbocycles. The molecule has 0 saturated carbocycles. The summed E-state index contributed by atoms with van der Waals surface area (Å²) < 4.78 is 0. The van der Waals surface area contributed by atoms with E-state index in [9.17, 15) is 0 Å². The zero-order valence-corrected chi connectivity index (χ0v) is 11.7. The molecule has 2 unspecified atom stereocenters. The van der Waals surface area contributed by atoms with Crippen molar-refractivity contribution in [3.63, 3.8) is 0 Å². The first-order valence-electron chi connectivity index (χ1n) is 7.33. The third kappa shape index (κ3) is 3.82. The Morgan fingerprint density at radius 1 is 1.33 bits per heavy atom. The van der Waals surface area contributed by atoms with E-state index in [1.807, 2.05) is 0 Å². The van der Waals surface area contributed by atoms with Crippen LogP contribution in [0.25, 0.3) is 0 Å². The van der Waals surface area contributed by atoms with Crippen LogP contribution < -0.4 is 10.6 Å². The third-order valence-corrected chi connectivity index (χ3v) is 3.94. The minimum Gasteiger partial charge on any atom is -0.314 e. The summed E-state index contributed by atoms with van der Waals surface area (Å²) in [5.74, 6) is 0. The lowest BCUT2D eigenvalue weighted by atomic mass is 10.0. The molecular weight excluding hydrogens is 220 g/mol. The molecule has 2 nitrogen and oxygen atoms in total. The summed E-state index contributed by atoms with van der Waals surface area (Å²) in [5.41, 5.74) is 2.92. The Kier molecular flexibility index (Phi) is 5.21. The predicted molar refractivity (Wildman–Crippen MR) is 77.8 cm³/mol. The lowest BCUT2D eigenvalue weighted by Crippen LogP contribution is -2.33. The summed E-state index contributed by atoms with van der Waals surface area (Å²) in [7, 11) is 0. The summed E-state index contributed by atoms with van der Waals surface area (Å²) in [4.78, 5) is 0. The number of hydrogen-bond acceptors (Lipinski definition) is 2. The first kappa shape index (κ1) is 13.6. The van der Waals surface area contributed by atoms with Gasteiger partial charge in [-0.1, -0.05) is 31.2 Å². The fourth-order valence-corrected chi connectivity index (χ4v) is 2.83. The minimum atomic E-state index is 0.588. The first-order valence-corrected chi connectivity index (χ1v) is 7.33. The van der Waals surface area contributed by atoms with E-state index in [1.165, 1.54) is 36.9 Å². The molecule has 0 bridgehead atoms. The Balaban J connectivity index is 1.79. The molecule has 0 aromatic heterocycles. The molecule has 2 atom stereocenters. The van der Waals surface area contributed by atoms with Crippen molar-refractivity contribution < 1.29 is 0 Å². The maximum atomic E-state index is 3.66. The van der Waals surface area contributed by atoms with Gasteiger partial charge in [-0.2, -0.15) is 0 Å².